The molecule has 1 aliphatic heterocycles. The Kier molecular flexibility index (Phi) is 4.01. The summed E-state index contributed by atoms with van der Waals surface area (Å²) in [4.78, 5) is 26.3. The van der Waals surface area contributed by atoms with Crippen molar-refractivity contribution < 1.29 is 19.4 Å². The Hall–Kier alpha value is -2.66. The number of nitrogens with zero attached hydrogens (tertiary/aromatic N) is 1. The van der Waals surface area contributed by atoms with E-state index in [2.05, 4.69) is 0 Å². The van der Waals surface area contributed by atoms with E-state index in [4.69, 9.17) is 9.84 Å². The van der Waals surface area contributed by atoms with Gasteiger partial charge in [-0.2, -0.15) is 0 Å². The molecule has 128 valence electrons. The third kappa shape index (κ3) is 2.70. The predicted molar refractivity (Wildman–Crippen MR) is 92.3 cm³/mol. The number of carboxylic acids is 1. The van der Waals surface area contributed by atoms with E-state index in [1.54, 1.807) is 4.90 Å². The lowest BCUT2D eigenvalue weighted by Gasteiger charge is -2.36. The number of carbonyl (C=O) groups is 2. The lowest BCUT2D eigenvalue weighted by atomic mass is 9.94. The maximum absolute atomic E-state index is 13.4. The van der Waals surface area contributed by atoms with Gasteiger partial charge in [-0.15, -0.1) is 0 Å². The first-order valence-electron chi connectivity index (χ1n) is 8.45. The summed E-state index contributed by atoms with van der Waals surface area (Å²) >= 11 is 0. The first kappa shape index (κ1) is 15.8. The van der Waals surface area contributed by atoms with E-state index in [-0.39, 0.29) is 24.9 Å². The van der Waals surface area contributed by atoms with Crippen LogP contribution < -0.4 is 0 Å². The Morgan fingerprint density at radius 1 is 1.04 bits per heavy atom. The van der Waals surface area contributed by atoms with E-state index in [9.17, 15) is 9.59 Å². The quantitative estimate of drug-likeness (QED) is 0.934. The molecule has 1 atom stereocenters. The molecule has 5 nitrogen and oxygen atoms in total. The third-order valence-corrected chi connectivity index (χ3v) is 5.00. The zero-order valence-electron chi connectivity index (χ0n) is 13.7. The number of carbonyl (C=O) groups excluding carboxylic acids is 1. The first-order chi connectivity index (χ1) is 12.2. The van der Waals surface area contributed by atoms with Gasteiger partial charge in [-0.25, -0.2) is 0 Å². The average Bonchev–Trinajstić information content (AvgIpc) is 2.96. The fourth-order valence-corrected chi connectivity index (χ4v) is 3.90. The highest BCUT2D eigenvalue weighted by atomic mass is 16.5. The van der Waals surface area contributed by atoms with Crippen LogP contribution in [-0.4, -0.2) is 47.7 Å². The van der Waals surface area contributed by atoms with Crippen LogP contribution in [0.4, 0.5) is 0 Å². The van der Waals surface area contributed by atoms with Gasteiger partial charge in [0.15, 0.2) is 0 Å². The van der Waals surface area contributed by atoms with Crippen molar-refractivity contribution in [1.29, 1.82) is 0 Å². The lowest BCUT2D eigenvalue weighted by molar-refractivity contribution is -0.146. The number of morpholine rings is 1. The first-order valence-corrected chi connectivity index (χ1v) is 8.45. The fraction of sp³-hybridized carbons (Fsp3) is 0.300. The zero-order chi connectivity index (χ0) is 17.4. The van der Waals surface area contributed by atoms with E-state index in [1.165, 1.54) is 0 Å². The number of hydrogen-bond acceptors (Lipinski definition) is 3. The van der Waals surface area contributed by atoms with Crippen molar-refractivity contribution in [3.05, 3.63) is 59.7 Å². The summed E-state index contributed by atoms with van der Waals surface area (Å²) in [5.41, 5.74) is 4.16. The molecule has 2 aromatic rings. The van der Waals surface area contributed by atoms with E-state index in [0.717, 1.165) is 22.3 Å². The van der Waals surface area contributed by atoms with E-state index in [0.29, 0.717) is 13.2 Å². The van der Waals surface area contributed by atoms with Crippen molar-refractivity contribution in [3.63, 3.8) is 0 Å². The predicted octanol–water partition coefficient (Wildman–Crippen LogP) is 2.50. The van der Waals surface area contributed by atoms with Crippen LogP contribution in [0.1, 0.15) is 23.5 Å². The SMILES string of the molecule is O=C(O)C[C@H]1COCCN1C(=O)C1c2ccccc2-c2ccccc21. The van der Waals surface area contributed by atoms with Crippen molar-refractivity contribution in [3.8, 4) is 11.1 Å². The summed E-state index contributed by atoms with van der Waals surface area (Å²) in [5, 5.41) is 9.15. The van der Waals surface area contributed by atoms with Gasteiger partial charge >= 0.3 is 5.97 Å². The standard InChI is InChI=1S/C20H19NO4/c22-18(23)11-13-12-25-10-9-21(13)20(24)19-16-7-3-1-5-14(16)15-6-2-4-8-17(15)19/h1-8,13,19H,9-12H2,(H,22,23)/t13-/m0/s1. The Labute approximate surface area is 145 Å². The number of amides is 1. The zero-order valence-corrected chi connectivity index (χ0v) is 13.7. The van der Waals surface area contributed by atoms with Crippen LogP contribution in [0, 0.1) is 0 Å². The van der Waals surface area contributed by atoms with Crippen molar-refractivity contribution in [2.24, 2.45) is 0 Å². The van der Waals surface area contributed by atoms with Crippen molar-refractivity contribution in [2.75, 3.05) is 19.8 Å². The Balaban J connectivity index is 1.73. The molecule has 0 spiro atoms. The van der Waals surface area contributed by atoms with Gasteiger partial charge in [-0.1, -0.05) is 48.5 Å². The number of rotatable bonds is 3. The Morgan fingerprint density at radius 3 is 2.24 bits per heavy atom. The highest BCUT2D eigenvalue weighted by Crippen LogP contribution is 2.45. The second kappa shape index (κ2) is 6.33. The minimum absolute atomic E-state index is 0.0352. The molecule has 4 rings (SSSR count). The largest absolute Gasteiger partial charge is 0.481 e. The van der Waals surface area contributed by atoms with Gasteiger partial charge in [0, 0.05) is 6.54 Å². The molecule has 5 heteroatoms. The molecule has 1 aliphatic carbocycles. The molecule has 0 aromatic heterocycles. The molecule has 0 saturated carbocycles. The summed E-state index contributed by atoms with van der Waals surface area (Å²) in [6.07, 6.45) is -0.0955. The second-order valence-corrected chi connectivity index (χ2v) is 6.47. The fourth-order valence-electron chi connectivity index (χ4n) is 3.90. The van der Waals surface area contributed by atoms with Crippen LogP contribution in [0.2, 0.25) is 0 Å². The third-order valence-electron chi connectivity index (χ3n) is 5.00. The molecular formula is C20H19NO4. The Bertz CT molecular complexity index is 786. The molecule has 1 heterocycles. The molecule has 2 aliphatic rings. The molecular weight excluding hydrogens is 318 g/mol. The van der Waals surface area contributed by atoms with Crippen LogP contribution in [0.15, 0.2) is 48.5 Å². The highest BCUT2D eigenvalue weighted by molar-refractivity contribution is 5.96. The summed E-state index contributed by atoms with van der Waals surface area (Å²) in [7, 11) is 0. The highest BCUT2D eigenvalue weighted by Gasteiger charge is 2.39. The lowest BCUT2D eigenvalue weighted by Crippen LogP contribution is -2.51. The number of hydrogen-bond donors (Lipinski definition) is 1. The minimum Gasteiger partial charge on any atom is -0.481 e. The summed E-state index contributed by atoms with van der Waals surface area (Å²) in [6.45, 7) is 1.14. The topological polar surface area (TPSA) is 66.8 Å². The van der Waals surface area contributed by atoms with Crippen molar-refractivity contribution >= 4 is 11.9 Å². The molecule has 0 unspecified atom stereocenters. The summed E-state index contributed by atoms with van der Waals surface area (Å²) in [6, 6.07) is 15.5. The smallest absolute Gasteiger partial charge is 0.305 e. The molecule has 1 amide bonds. The van der Waals surface area contributed by atoms with Crippen LogP contribution in [0.25, 0.3) is 11.1 Å². The summed E-state index contributed by atoms with van der Waals surface area (Å²) in [5.74, 6) is -1.32. The number of ether oxygens (including phenoxy) is 1. The molecule has 2 aromatic carbocycles. The van der Waals surface area contributed by atoms with Gasteiger partial charge < -0.3 is 14.7 Å². The van der Waals surface area contributed by atoms with Crippen LogP contribution in [-0.2, 0) is 14.3 Å². The maximum atomic E-state index is 13.4. The summed E-state index contributed by atoms with van der Waals surface area (Å²) < 4.78 is 5.41. The van der Waals surface area contributed by atoms with Gasteiger partial charge in [-0.05, 0) is 22.3 Å². The van der Waals surface area contributed by atoms with Gasteiger partial charge in [0.1, 0.15) is 0 Å². The Morgan fingerprint density at radius 2 is 1.64 bits per heavy atom. The van der Waals surface area contributed by atoms with Crippen LogP contribution in [0.5, 0.6) is 0 Å². The number of carboxylic acid groups (broad SMARTS) is 1. The average molecular weight is 337 g/mol. The minimum atomic E-state index is -0.916. The number of fused-ring (bicyclic) bond motifs is 3. The van der Waals surface area contributed by atoms with Gasteiger partial charge in [0.25, 0.3) is 0 Å². The molecule has 25 heavy (non-hydrogen) atoms. The normalized spacial score (nSPS) is 19.4. The number of benzene rings is 2. The van der Waals surface area contributed by atoms with Gasteiger partial charge in [-0.3, -0.25) is 9.59 Å². The van der Waals surface area contributed by atoms with Gasteiger partial charge in [0.2, 0.25) is 5.91 Å². The van der Waals surface area contributed by atoms with E-state index >= 15 is 0 Å². The molecule has 1 saturated heterocycles. The monoisotopic (exact) mass is 337 g/mol. The molecule has 0 radical (unpaired) electrons. The molecule has 1 fully saturated rings. The molecule has 0 bridgehead atoms. The van der Waals surface area contributed by atoms with Crippen molar-refractivity contribution in [1.82, 2.24) is 4.90 Å². The van der Waals surface area contributed by atoms with E-state index < -0.39 is 12.0 Å². The number of aliphatic carboxylic acids is 1. The van der Waals surface area contributed by atoms with Crippen LogP contribution >= 0.6 is 0 Å². The maximum Gasteiger partial charge on any atom is 0.305 e. The molecule has 1 N–H and O–H groups in total. The van der Waals surface area contributed by atoms with Crippen LogP contribution in [0.3, 0.4) is 0 Å². The van der Waals surface area contributed by atoms with Gasteiger partial charge in [0.05, 0.1) is 31.6 Å². The second-order valence-electron chi connectivity index (χ2n) is 6.47. The van der Waals surface area contributed by atoms with Crippen molar-refractivity contribution in [2.45, 2.75) is 18.4 Å². The van der Waals surface area contributed by atoms with E-state index in [1.807, 2.05) is 48.5 Å².